The van der Waals surface area contributed by atoms with Crippen molar-refractivity contribution in [1.29, 1.82) is 0 Å². The molecule has 0 amide bonds. The van der Waals surface area contributed by atoms with Crippen LogP contribution in [0.15, 0.2) is 77.7 Å². The molecule has 0 unspecified atom stereocenters. The van der Waals surface area contributed by atoms with Crippen molar-refractivity contribution in [3.63, 3.8) is 0 Å². The lowest BCUT2D eigenvalue weighted by Gasteiger charge is -2.33. The Kier molecular flexibility index (Phi) is 6.58. The molecule has 1 aromatic carbocycles. The predicted molar refractivity (Wildman–Crippen MR) is 123 cm³/mol. The normalized spacial score (nSPS) is 16.6. The minimum absolute atomic E-state index is 0.900. The van der Waals surface area contributed by atoms with E-state index in [0.717, 1.165) is 38.0 Å². The van der Waals surface area contributed by atoms with E-state index in [1.807, 2.05) is 0 Å². The van der Waals surface area contributed by atoms with Crippen molar-refractivity contribution in [1.82, 2.24) is 5.32 Å². The van der Waals surface area contributed by atoms with Gasteiger partial charge in [-0.1, -0.05) is 37.8 Å². The first kappa shape index (κ1) is 20.2. The predicted octanol–water partition coefficient (Wildman–Crippen LogP) is 5.48. The fraction of sp³-hybridized carbons (Fsp3) is 0.360. The van der Waals surface area contributed by atoms with Crippen LogP contribution in [0.25, 0.3) is 0 Å². The molecule has 0 saturated carbocycles. The molecule has 0 fully saturated rings. The lowest BCUT2D eigenvalue weighted by Crippen LogP contribution is -2.26. The van der Waals surface area contributed by atoms with Crippen LogP contribution in [-0.2, 0) is 0 Å². The number of benzene rings is 1. The van der Waals surface area contributed by atoms with E-state index < -0.39 is 0 Å². The molecule has 1 N–H and O–H groups in total. The lowest BCUT2D eigenvalue weighted by molar-refractivity contribution is 0.791. The van der Waals surface area contributed by atoms with Gasteiger partial charge in [0.15, 0.2) is 0 Å². The molecule has 2 aliphatic rings. The second-order valence-electron chi connectivity index (χ2n) is 7.68. The molecule has 3 nitrogen and oxygen atoms in total. The third-order valence-electron chi connectivity index (χ3n) is 5.50. The number of aryl methyl sites for hydroxylation is 1. The van der Waals surface area contributed by atoms with Crippen LogP contribution in [0.3, 0.4) is 0 Å². The van der Waals surface area contributed by atoms with Gasteiger partial charge in [-0.05, 0) is 67.2 Å². The van der Waals surface area contributed by atoms with Gasteiger partial charge in [0.25, 0.3) is 0 Å². The summed E-state index contributed by atoms with van der Waals surface area (Å²) in [5, 5.41) is 3.51. The number of anilines is 2. The average Bonchev–Trinajstić information content (AvgIpc) is 2.95. The lowest BCUT2D eigenvalue weighted by atomic mass is 9.99. The fourth-order valence-electron chi connectivity index (χ4n) is 3.80. The van der Waals surface area contributed by atoms with Crippen molar-refractivity contribution in [3.8, 4) is 0 Å². The van der Waals surface area contributed by atoms with Gasteiger partial charge in [0.2, 0.25) is 0 Å². The Labute approximate surface area is 170 Å². The molecule has 0 bridgehead atoms. The molecule has 0 saturated heterocycles. The van der Waals surface area contributed by atoms with Crippen molar-refractivity contribution in [2.24, 2.45) is 0 Å². The van der Waals surface area contributed by atoms with Gasteiger partial charge in [0.05, 0.1) is 0 Å². The van der Waals surface area contributed by atoms with E-state index in [9.17, 15) is 0 Å². The van der Waals surface area contributed by atoms with Crippen LogP contribution in [0.5, 0.6) is 0 Å². The van der Waals surface area contributed by atoms with Gasteiger partial charge in [-0.15, -0.1) is 0 Å². The molecule has 28 heavy (non-hydrogen) atoms. The summed E-state index contributed by atoms with van der Waals surface area (Å²) in [4.78, 5) is 4.53. The van der Waals surface area contributed by atoms with Crippen molar-refractivity contribution >= 4 is 11.4 Å². The van der Waals surface area contributed by atoms with Crippen molar-refractivity contribution in [2.45, 2.75) is 33.1 Å². The summed E-state index contributed by atoms with van der Waals surface area (Å²) in [5.74, 6) is 0. The SMILES string of the molecule is C=C(C1=CC=CCC1)N(C1=C(CC)CNCC=C1)c1ccc(N(C)C)cc1C. The van der Waals surface area contributed by atoms with Gasteiger partial charge in [-0.2, -0.15) is 0 Å². The van der Waals surface area contributed by atoms with Crippen LogP contribution in [0.1, 0.15) is 31.7 Å². The van der Waals surface area contributed by atoms with Crippen molar-refractivity contribution in [3.05, 3.63) is 83.3 Å². The van der Waals surface area contributed by atoms with E-state index in [4.69, 9.17) is 0 Å². The zero-order chi connectivity index (χ0) is 20.1. The third kappa shape index (κ3) is 4.31. The Hall–Kier alpha value is -2.52. The monoisotopic (exact) mass is 375 g/mol. The van der Waals surface area contributed by atoms with E-state index >= 15 is 0 Å². The maximum Gasteiger partial charge on any atom is 0.0492 e. The van der Waals surface area contributed by atoms with Crippen molar-refractivity contribution in [2.75, 3.05) is 37.0 Å². The largest absolute Gasteiger partial charge is 0.378 e. The van der Waals surface area contributed by atoms with Crippen LogP contribution in [0, 0.1) is 6.92 Å². The highest BCUT2D eigenvalue weighted by atomic mass is 15.2. The van der Waals surface area contributed by atoms with Crippen LogP contribution in [0.2, 0.25) is 0 Å². The molecule has 1 aliphatic heterocycles. The van der Waals surface area contributed by atoms with Gasteiger partial charge in [-0.3, -0.25) is 0 Å². The summed E-state index contributed by atoms with van der Waals surface area (Å²) in [5.41, 5.74) is 8.75. The zero-order valence-electron chi connectivity index (χ0n) is 17.8. The average molecular weight is 376 g/mol. The van der Waals surface area contributed by atoms with Gasteiger partial charge in [0, 0.05) is 50.0 Å². The number of allylic oxidation sites excluding steroid dienone is 5. The number of nitrogens with zero attached hydrogens (tertiary/aromatic N) is 2. The highest BCUT2D eigenvalue weighted by Gasteiger charge is 2.22. The summed E-state index contributed by atoms with van der Waals surface area (Å²) in [6.07, 6.45) is 14.2. The Morgan fingerprint density at radius 3 is 2.68 bits per heavy atom. The van der Waals surface area contributed by atoms with Gasteiger partial charge >= 0.3 is 0 Å². The highest BCUT2D eigenvalue weighted by molar-refractivity contribution is 5.71. The van der Waals surface area contributed by atoms with Crippen molar-refractivity contribution < 1.29 is 0 Å². The van der Waals surface area contributed by atoms with Gasteiger partial charge < -0.3 is 15.1 Å². The smallest absolute Gasteiger partial charge is 0.0492 e. The molecule has 3 rings (SSSR count). The minimum Gasteiger partial charge on any atom is -0.378 e. The Bertz CT molecular complexity index is 853. The second-order valence-corrected chi connectivity index (χ2v) is 7.68. The maximum atomic E-state index is 4.55. The first-order valence-corrected chi connectivity index (χ1v) is 10.2. The third-order valence-corrected chi connectivity index (χ3v) is 5.50. The molecular weight excluding hydrogens is 342 g/mol. The summed E-state index contributed by atoms with van der Waals surface area (Å²) in [7, 11) is 4.17. The molecule has 1 heterocycles. The highest BCUT2D eigenvalue weighted by Crippen LogP contribution is 2.36. The Morgan fingerprint density at radius 2 is 2.04 bits per heavy atom. The van der Waals surface area contributed by atoms with E-state index in [0.29, 0.717) is 0 Å². The van der Waals surface area contributed by atoms with E-state index in [1.165, 1.54) is 33.8 Å². The topological polar surface area (TPSA) is 18.5 Å². The summed E-state index contributed by atoms with van der Waals surface area (Å²) < 4.78 is 0. The van der Waals surface area contributed by atoms with Crippen LogP contribution in [0.4, 0.5) is 11.4 Å². The summed E-state index contributed by atoms with van der Waals surface area (Å²) in [6, 6.07) is 6.69. The Balaban J connectivity index is 2.14. The second kappa shape index (κ2) is 9.11. The first-order valence-electron chi connectivity index (χ1n) is 10.2. The molecule has 0 atom stereocenters. The molecule has 0 aromatic heterocycles. The summed E-state index contributed by atoms with van der Waals surface area (Å²) >= 11 is 0. The fourth-order valence-corrected chi connectivity index (χ4v) is 3.80. The van der Waals surface area contributed by atoms with E-state index in [2.05, 4.69) is 98.2 Å². The molecular formula is C25H33N3. The molecule has 148 valence electrons. The quantitative estimate of drug-likeness (QED) is 0.710. The molecule has 1 aliphatic carbocycles. The molecule has 0 spiro atoms. The number of nitrogens with one attached hydrogen (secondary N) is 1. The Morgan fingerprint density at radius 1 is 1.21 bits per heavy atom. The van der Waals surface area contributed by atoms with Crippen LogP contribution in [-0.4, -0.2) is 27.2 Å². The molecule has 3 heteroatoms. The maximum absolute atomic E-state index is 4.55. The van der Waals surface area contributed by atoms with E-state index in [1.54, 1.807) is 0 Å². The standard InChI is InChI=1S/C25H33N3/c1-6-21-18-26-16-10-13-25(21)28(20(3)22-11-8-7-9-12-22)24-15-14-23(27(4)5)17-19(24)2/h7-8,10-11,13-15,17,26H,3,6,9,12,16,18H2,1-2,4-5H3. The van der Waals surface area contributed by atoms with E-state index in [-0.39, 0.29) is 0 Å². The van der Waals surface area contributed by atoms with Gasteiger partial charge in [-0.25, -0.2) is 0 Å². The number of hydrogen-bond acceptors (Lipinski definition) is 3. The van der Waals surface area contributed by atoms with Crippen LogP contribution >= 0.6 is 0 Å². The molecule has 0 radical (unpaired) electrons. The minimum atomic E-state index is 0.900. The van der Waals surface area contributed by atoms with Gasteiger partial charge in [0.1, 0.15) is 0 Å². The number of rotatable bonds is 6. The first-order chi connectivity index (χ1) is 13.5. The summed E-state index contributed by atoms with van der Waals surface area (Å²) in [6.45, 7) is 10.8. The zero-order valence-corrected chi connectivity index (χ0v) is 17.8. The van der Waals surface area contributed by atoms with Crippen LogP contribution < -0.4 is 15.1 Å². The molecule has 1 aromatic rings. The number of hydrogen-bond donors (Lipinski definition) is 1.